The number of carbonyl (C=O) groups is 2. The molecule has 8 nitrogen and oxygen atoms in total. The number of benzene rings is 1. The van der Waals surface area contributed by atoms with E-state index in [0.29, 0.717) is 29.3 Å². The number of ether oxygens (including phenoxy) is 3. The lowest BCUT2D eigenvalue weighted by Gasteiger charge is -2.37. The highest BCUT2D eigenvalue weighted by molar-refractivity contribution is 5.95. The van der Waals surface area contributed by atoms with Crippen molar-refractivity contribution in [2.24, 2.45) is 0 Å². The van der Waals surface area contributed by atoms with Crippen LogP contribution in [0.2, 0.25) is 0 Å². The first kappa shape index (κ1) is 22.0. The van der Waals surface area contributed by atoms with Gasteiger partial charge < -0.3 is 19.5 Å². The Morgan fingerprint density at radius 3 is 2.47 bits per heavy atom. The Morgan fingerprint density at radius 1 is 1.13 bits per heavy atom. The Hall–Kier alpha value is -2.74. The van der Waals surface area contributed by atoms with Gasteiger partial charge in [0.25, 0.3) is 0 Å². The number of likely N-dealkylation sites (N-methyl/N-ethyl adjacent to an activating group) is 1. The van der Waals surface area contributed by atoms with Crippen LogP contribution in [-0.2, 0) is 9.53 Å². The topological polar surface area (TPSA) is 80.3 Å². The summed E-state index contributed by atoms with van der Waals surface area (Å²) in [7, 11) is 4.81. The van der Waals surface area contributed by atoms with E-state index in [-0.39, 0.29) is 12.6 Å². The molecule has 0 spiro atoms. The number of likely N-dealkylation sites (tertiary alicyclic amines) is 1. The number of piperidine rings is 1. The van der Waals surface area contributed by atoms with Gasteiger partial charge in [-0.25, -0.2) is 9.59 Å². The van der Waals surface area contributed by atoms with E-state index in [2.05, 4.69) is 10.2 Å². The first-order chi connectivity index (χ1) is 14.5. The molecule has 0 aliphatic carbocycles. The Morgan fingerprint density at radius 2 is 1.83 bits per heavy atom. The molecule has 1 fully saturated rings. The molecule has 2 aliphatic heterocycles. The predicted octanol–water partition coefficient (Wildman–Crippen LogP) is 2.70. The van der Waals surface area contributed by atoms with Gasteiger partial charge in [-0.2, -0.15) is 0 Å². The number of rotatable bonds is 7. The Balaban J connectivity index is 2.07. The molecule has 1 aromatic rings. The van der Waals surface area contributed by atoms with Gasteiger partial charge in [0.2, 0.25) is 0 Å². The zero-order valence-corrected chi connectivity index (χ0v) is 18.2. The SMILES string of the molecule is CCOC(=O)C1=C(CN2CCCCC2)N(C)C(=O)NC1c1ccc(OC)c(OC)c1. The second-order valence-corrected chi connectivity index (χ2v) is 7.47. The van der Waals surface area contributed by atoms with Crippen molar-refractivity contribution < 1.29 is 23.8 Å². The number of esters is 1. The van der Waals surface area contributed by atoms with Crippen LogP contribution in [0.1, 0.15) is 37.8 Å². The lowest BCUT2D eigenvalue weighted by atomic mass is 9.93. The summed E-state index contributed by atoms with van der Waals surface area (Å²) >= 11 is 0. The van der Waals surface area contributed by atoms with Crippen LogP contribution in [0.25, 0.3) is 0 Å². The van der Waals surface area contributed by atoms with Crippen LogP contribution in [0.15, 0.2) is 29.5 Å². The molecule has 2 aliphatic rings. The van der Waals surface area contributed by atoms with Crippen molar-refractivity contribution in [1.29, 1.82) is 0 Å². The number of methoxy groups -OCH3 is 2. The van der Waals surface area contributed by atoms with Crippen LogP contribution in [0, 0.1) is 0 Å². The molecule has 3 rings (SSSR count). The van der Waals surface area contributed by atoms with Gasteiger partial charge in [-0.1, -0.05) is 12.5 Å². The second-order valence-electron chi connectivity index (χ2n) is 7.47. The van der Waals surface area contributed by atoms with Crippen LogP contribution < -0.4 is 14.8 Å². The van der Waals surface area contributed by atoms with Crippen LogP contribution in [0.3, 0.4) is 0 Å². The summed E-state index contributed by atoms with van der Waals surface area (Å²) in [5.41, 5.74) is 1.86. The van der Waals surface area contributed by atoms with E-state index in [4.69, 9.17) is 14.2 Å². The highest BCUT2D eigenvalue weighted by Gasteiger charge is 2.37. The molecule has 30 heavy (non-hydrogen) atoms. The fraction of sp³-hybridized carbons (Fsp3) is 0.545. The van der Waals surface area contributed by atoms with Gasteiger partial charge in [0.15, 0.2) is 11.5 Å². The van der Waals surface area contributed by atoms with Gasteiger partial charge in [0.05, 0.1) is 32.4 Å². The standard InChI is InChI=1S/C22H31N3O5/c1-5-30-21(26)19-16(14-25-11-7-6-8-12-25)24(2)22(27)23-20(19)15-9-10-17(28-3)18(13-15)29-4/h9-10,13,20H,5-8,11-12,14H2,1-4H3,(H,23,27). The van der Waals surface area contributed by atoms with Crippen molar-refractivity contribution in [3.05, 3.63) is 35.0 Å². The Kier molecular flexibility index (Phi) is 7.20. The summed E-state index contributed by atoms with van der Waals surface area (Å²) in [6, 6.07) is 4.50. The highest BCUT2D eigenvalue weighted by atomic mass is 16.5. The smallest absolute Gasteiger partial charge is 0.338 e. The number of hydrogen-bond acceptors (Lipinski definition) is 6. The molecule has 1 aromatic carbocycles. The third-order valence-electron chi connectivity index (χ3n) is 5.64. The van der Waals surface area contributed by atoms with Crippen LogP contribution in [0.5, 0.6) is 11.5 Å². The predicted molar refractivity (Wildman–Crippen MR) is 113 cm³/mol. The minimum atomic E-state index is -0.632. The maximum absolute atomic E-state index is 13.0. The van der Waals surface area contributed by atoms with Crippen molar-refractivity contribution in [3.8, 4) is 11.5 Å². The third kappa shape index (κ3) is 4.53. The monoisotopic (exact) mass is 417 g/mol. The molecule has 1 saturated heterocycles. The van der Waals surface area contributed by atoms with E-state index >= 15 is 0 Å². The number of urea groups is 1. The van der Waals surface area contributed by atoms with Crippen LogP contribution in [0.4, 0.5) is 4.79 Å². The summed E-state index contributed by atoms with van der Waals surface area (Å²) < 4.78 is 16.1. The molecule has 1 unspecified atom stereocenters. The zero-order chi connectivity index (χ0) is 21.7. The Bertz CT molecular complexity index is 817. The molecular weight excluding hydrogens is 386 g/mol. The second kappa shape index (κ2) is 9.84. The molecule has 0 aromatic heterocycles. The van der Waals surface area contributed by atoms with E-state index in [0.717, 1.165) is 31.5 Å². The molecule has 0 saturated carbocycles. The molecule has 1 N–H and O–H groups in total. The van der Waals surface area contributed by atoms with E-state index in [1.807, 2.05) is 6.07 Å². The van der Waals surface area contributed by atoms with Gasteiger partial charge in [-0.15, -0.1) is 0 Å². The lowest BCUT2D eigenvalue weighted by Crippen LogP contribution is -2.49. The van der Waals surface area contributed by atoms with Crippen LogP contribution >= 0.6 is 0 Å². The van der Waals surface area contributed by atoms with E-state index in [1.165, 1.54) is 11.3 Å². The van der Waals surface area contributed by atoms with Crippen molar-refractivity contribution in [2.45, 2.75) is 32.2 Å². The van der Waals surface area contributed by atoms with Crippen molar-refractivity contribution >= 4 is 12.0 Å². The maximum Gasteiger partial charge on any atom is 0.338 e. The minimum absolute atomic E-state index is 0.255. The van der Waals surface area contributed by atoms with Crippen molar-refractivity contribution in [2.75, 3.05) is 47.5 Å². The minimum Gasteiger partial charge on any atom is -0.493 e. The lowest BCUT2D eigenvalue weighted by molar-refractivity contribution is -0.139. The summed E-state index contributed by atoms with van der Waals surface area (Å²) in [4.78, 5) is 29.6. The highest BCUT2D eigenvalue weighted by Crippen LogP contribution is 2.36. The summed E-state index contributed by atoms with van der Waals surface area (Å²) in [6.07, 6.45) is 3.46. The fourth-order valence-electron chi connectivity index (χ4n) is 4.01. The maximum atomic E-state index is 13.0. The molecule has 0 radical (unpaired) electrons. The molecule has 2 heterocycles. The zero-order valence-electron chi connectivity index (χ0n) is 18.2. The van der Waals surface area contributed by atoms with Crippen molar-refractivity contribution in [1.82, 2.24) is 15.1 Å². The third-order valence-corrected chi connectivity index (χ3v) is 5.64. The average Bonchev–Trinajstić information content (AvgIpc) is 2.77. The molecule has 0 bridgehead atoms. The van der Waals surface area contributed by atoms with Crippen molar-refractivity contribution in [3.63, 3.8) is 0 Å². The first-order valence-corrected chi connectivity index (χ1v) is 10.4. The van der Waals surface area contributed by atoms with E-state index < -0.39 is 12.0 Å². The van der Waals surface area contributed by atoms with E-state index in [9.17, 15) is 9.59 Å². The van der Waals surface area contributed by atoms with Gasteiger partial charge in [0.1, 0.15) is 0 Å². The fourth-order valence-corrected chi connectivity index (χ4v) is 4.01. The number of carbonyl (C=O) groups excluding carboxylic acids is 2. The number of amides is 2. The van der Waals surface area contributed by atoms with Gasteiger partial charge >= 0.3 is 12.0 Å². The number of nitrogens with one attached hydrogen (secondary N) is 1. The van der Waals surface area contributed by atoms with Crippen LogP contribution in [-0.4, -0.2) is 69.3 Å². The molecule has 164 valence electrons. The normalized spacial score (nSPS) is 20.1. The summed E-state index contributed by atoms with van der Waals surface area (Å²) in [6.45, 7) is 4.48. The van der Waals surface area contributed by atoms with Gasteiger partial charge in [-0.05, 0) is 50.6 Å². The molecule has 8 heteroatoms. The first-order valence-electron chi connectivity index (χ1n) is 10.4. The molecular formula is C22H31N3O5. The molecule has 1 atom stereocenters. The number of hydrogen-bond donors (Lipinski definition) is 1. The summed E-state index contributed by atoms with van der Waals surface area (Å²) in [5.74, 6) is 0.691. The van der Waals surface area contributed by atoms with Gasteiger partial charge in [-0.3, -0.25) is 9.80 Å². The summed E-state index contributed by atoms with van der Waals surface area (Å²) in [5, 5.41) is 2.94. The largest absolute Gasteiger partial charge is 0.493 e. The molecule has 2 amide bonds. The van der Waals surface area contributed by atoms with Gasteiger partial charge in [0, 0.05) is 19.3 Å². The average molecular weight is 418 g/mol. The van der Waals surface area contributed by atoms with E-state index in [1.54, 1.807) is 40.3 Å². The number of nitrogens with zero attached hydrogens (tertiary/aromatic N) is 2. The Labute approximate surface area is 177 Å². The quantitative estimate of drug-likeness (QED) is 0.687.